The summed E-state index contributed by atoms with van der Waals surface area (Å²) in [5, 5.41) is 11.9. The number of aromatic nitrogens is 1. The van der Waals surface area contributed by atoms with E-state index in [4.69, 9.17) is 13.8 Å². The van der Waals surface area contributed by atoms with Crippen LogP contribution < -0.4 is 0 Å². The summed E-state index contributed by atoms with van der Waals surface area (Å²) in [5.74, 6) is 0.260. The first-order chi connectivity index (χ1) is 31.6. The standard InChI is InChI=1S/C60H44N2O2/c1-3-44-45(27-25-36(2)58(37-15-5-4-6-16-37)61-59(44)42-26-28-57-50(31-42)46-21-11-13-23-55(46)63-57)43-32-51-47-22-12-14-24-56(47)64-60(51)54(35-43)62-52-33-40-19-9-7-17-38(40)29-48(52)49-30-39-18-8-10-20-41(39)34-53(49)62/h4-24,26,28-35,44-45H,3,25,27H2,1-2H3/b58-36+,61-59?. The van der Waals surface area contributed by atoms with Crippen LogP contribution in [-0.2, 0) is 0 Å². The number of rotatable bonds is 5. The molecule has 0 amide bonds. The number of fused-ring (bicyclic) bond motifs is 11. The zero-order valence-corrected chi connectivity index (χ0v) is 35.8. The maximum atomic E-state index is 7.00. The van der Waals surface area contributed by atoms with E-state index < -0.39 is 0 Å². The molecule has 0 saturated heterocycles. The first-order valence-corrected chi connectivity index (χ1v) is 22.6. The predicted molar refractivity (Wildman–Crippen MR) is 268 cm³/mol. The van der Waals surface area contributed by atoms with Gasteiger partial charge in [0.25, 0.3) is 0 Å². The molecule has 0 fully saturated rings. The van der Waals surface area contributed by atoms with Crippen LogP contribution in [0.25, 0.3) is 98.6 Å². The van der Waals surface area contributed by atoms with Gasteiger partial charge in [0.2, 0.25) is 0 Å². The third kappa shape index (κ3) is 5.72. The minimum Gasteiger partial charge on any atom is -0.456 e. The summed E-state index contributed by atoms with van der Waals surface area (Å²) in [4.78, 5) is 5.81. The van der Waals surface area contributed by atoms with Crippen LogP contribution in [0.5, 0.6) is 0 Å². The number of para-hydroxylation sites is 2. The molecule has 1 aliphatic heterocycles. The van der Waals surface area contributed by atoms with Gasteiger partial charge in [0.05, 0.1) is 28.1 Å². The Bertz CT molecular complexity index is 3820. The predicted octanol–water partition coefficient (Wildman–Crippen LogP) is 16.7. The van der Waals surface area contributed by atoms with Crippen molar-refractivity contribution in [1.82, 2.24) is 4.57 Å². The van der Waals surface area contributed by atoms with Gasteiger partial charge in [0.15, 0.2) is 5.58 Å². The van der Waals surface area contributed by atoms with E-state index in [-0.39, 0.29) is 11.8 Å². The second-order valence-corrected chi connectivity index (χ2v) is 17.7. The molecule has 64 heavy (non-hydrogen) atoms. The summed E-state index contributed by atoms with van der Waals surface area (Å²) in [6.45, 7) is 4.62. The Morgan fingerprint density at radius 3 is 1.77 bits per heavy atom. The van der Waals surface area contributed by atoms with E-state index in [9.17, 15) is 0 Å². The fourth-order valence-corrected chi connectivity index (χ4v) is 11.0. The van der Waals surface area contributed by atoms with E-state index in [0.29, 0.717) is 0 Å². The van der Waals surface area contributed by atoms with Crippen LogP contribution in [0.1, 0.15) is 55.7 Å². The summed E-state index contributed by atoms with van der Waals surface area (Å²) in [5.41, 5.74) is 14.1. The van der Waals surface area contributed by atoms with Crippen LogP contribution in [-0.4, -0.2) is 10.3 Å². The molecule has 0 spiro atoms. The van der Waals surface area contributed by atoms with Crippen molar-refractivity contribution in [3.63, 3.8) is 0 Å². The van der Waals surface area contributed by atoms with Crippen LogP contribution in [0.3, 0.4) is 0 Å². The highest BCUT2D eigenvalue weighted by atomic mass is 16.3. The highest BCUT2D eigenvalue weighted by Gasteiger charge is 2.32. The maximum absolute atomic E-state index is 7.00. The molecule has 4 heterocycles. The van der Waals surface area contributed by atoms with Crippen molar-refractivity contribution in [3.05, 3.63) is 204 Å². The molecule has 306 valence electrons. The average molecular weight is 825 g/mol. The average Bonchev–Trinajstić information content (AvgIpc) is 4.00. The van der Waals surface area contributed by atoms with Gasteiger partial charge in [-0.3, -0.25) is 4.99 Å². The zero-order valence-electron chi connectivity index (χ0n) is 35.8. The van der Waals surface area contributed by atoms with E-state index in [1.807, 2.05) is 6.07 Å². The molecule has 0 bridgehead atoms. The fraction of sp³-hybridized carbons (Fsp3) is 0.117. The Kier molecular flexibility index (Phi) is 8.33. The van der Waals surface area contributed by atoms with Gasteiger partial charge >= 0.3 is 0 Å². The Morgan fingerprint density at radius 1 is 0.516 bits per heavy atom. The summed E-state index contributed by atoms with van der Waals surface area (Å²) in [6.07, 6.45) is 2.82. The van der Waals surface area contributed by atoms with E-state index in [1.165, 1.54) is 54.5 Å². The molecule has 2 unspecified atom stereocenters. The molecule has 2 atom stereocenters. The minimum absolute atomic E-state index is 0.108. The van der Waals surface area contributed by atoms with Gasteiger partial charge < -0.3 is 13.4 Å². The van der Waals surface area contributed by atoms with Crippen LogP contribution in [0.15, 0.2) is 201 Å². The smallest absolute Gasteiger partial charge is 0.159 e. The van der Waals surface area contributed by atoms with Gasteiger partial charge in [-0.05, 0) is 137 Å². The Morgan fingerprint density at radius 2 is 1.09 bits per heavy atom. The Balaban J connectivity index is 1.09. The summed E-state index contributed by atoms with van der Waals surface area (Å²) in [6, 6.07) is 66.2. The SMILES string of the molecule is CCC1C(c2ccc3oc4ccccc4c3c2)=N/C(c2ccccc2)=C(\C)CCC1c1cc(-n2c3cc4ccccc4cc3c3cc4ccccc4cc32)c2oc3ccccc3c2c1. The molecule has 4 heteroatoms. The lowest BCUT2D eigenvalue weighted by atomic mass is 9.75. The largest absolute Gasteiger partial charge is 0.456 e. The molecule has 3 aromatic heterocycles. The summed E-state index contributed by atoms with van der Waals surface area (Å²) >= 11 is 0. The zero-order chi connectivity index (χ0) is 42.5. The molecule has 4 nitrogen and oxygen atoms in total. The quantitative estimate of drug-likeness (QED) is 0.173. The number of allylic oxidation sites excluding steroid dienone is 1. The van der Waals surface area contributed by atoms with Crippen molar-refractivity contribution in [2.24, 2.45) is 10.9 Å². The monoisotopic (exact) mass is 824 g/mol. The molecule has 0 N–H and O–H groups in total. The highest BCUT2D eigenvalue weighted by molar-refractivity contribution is 6.18. The number of benzene rings is 9. The molecular weight excluding hydrogens is 781 g/mol. The summed E-state index contributed by atoms with van der Waals surface area (Å²) in [7, 11) is 0. The van der Waals surface area contributed by atoms with Crippen molar-refractivity contribution < 1.29 is 8.83 Å². The lowest BCUT2D eigenvalue weighted by Crippen LogP contribution is -2.25. The van der Waals surface area contributed by atoms with Crippen molar-refractivity contribution >= 4 is 98.6 Å². The Labute approximate surface area is 370 Å². The van der Waals surface area contributed by atoms with Crippen LogP contribution >= 0.6 is 0 Å². The molecule has 0 radical (unpaired) electrons. The van der Waals surface area contributed by atoms with Gasteiger partial charge in [0.1, 0.15) is 16.7 Å². The molecule has 0 saturated carbocycles. The second kappa shape index (κ2) is 14.4. The van der Waals surface area contributed by atoms with Gasteiger partial charge in [0, 0.05) is 43.8 Å². The van der Waals surface area contributed by atoms with E-state index in [0.717, 1.165) is 91.4 Å². The van der Waals surface area contributed by atoms with Gasteiger partial charge in [-0.15, -0.1) is 0 Å². The van der Waals surface area contributed by atoms with Crippen LogP contribution in [0.4, 0.5) is 0 Å². The van der Waals surface area contributed by atoms with Crippen LogP contribution in [0, 0.1) is 5.92 Å². The van der Waals surface area contributed by atoms with Crippen molar-refractivity contribution in [2.45, 2.75) is 39.0 Å². The second-order valence-electron chi connectivity index (χ2n) is 17.7. The molecule has 0 aliphatic carbocycles. The third-order valence-electron chi connectivity index (χ3n) is 14.1. The molecule has 13 rings (SSSR count). The lowest BCUT2D eigenvalue weighted by molar-refractivity contribution is 0.486. The van der Waals surface area contributed by atoms with E-state index in [2.05, 4.69) is 194 Å². The highest BCUT2D eigenvalue weighted by Crippen LogP contribution is 2.46. The minimum atomic E-state index is 0.108. The van der Waals surface area contributed by atoms with Crippen molar-refractivity contribution in [3.8, 4) is 5.69 Å². The number of nitrogens with zero attached hydrogens (tertiary/aromatic N) is 2. The van der Waals surface area contributed by atoms with Gasteiger partial charge in [-0.1, -0.05) is 122 Å². The molecular formula is C60H44N2O2. The number of hydrogen-bond acceptors (Lipinski definition) is 3. The first kappa shape index (κ1) is 36.9. The number of hydrogen-bond donors (Lipinski definition) is 0. The number of aliphatic imine (C=N–C) groups is 1. The fourth-order valence-electron chi connectivity index (χ4n) is 11.0. The van der Waals surface area contributed by atoms with E-state index >= 15 is 0 Å². The van der Waals surface area contributed by atoms with Crippen molar-refractivity contribution in [1.29, 1.82) is 0 Å². The summed E-state index contributed by atoms with van der Waals surface area (Å²) < 4.78 is 15.8. The first-order valence-electron chi connectivity index (χ1n) is 22.6. The van der Waals surface area contributed by atoms with E-state index in [1.54, 1.807) is 0 Å². The van der Waals surface area contributed by atoms with Gasteiger partial charge in [-0.25, -0.2) is 0 Å². The van der Waals surface area contributed by atoms with Gasteiger partial charge in [-0.2, -0.15) is 0 Å². The number of furan rings is 2. The maximum Gasteiger partial charge on any atom is 0.159 e. The van der Waals surface area contributed by atoms with Crippen LogP contribution in [0.2, 0.25) is 0 Å². The topological polar surface area (TPSA) is 43.6 Å². The Hall–Kier alpha value is -7.69. The molecule has 12 aromatic rings. The van der Waals surface area contributed by atoms with Crippen molar-refractivity contribution in [2.75, 3.05) is 0 Å². The normalized spacial score (nSPS) is 17.4. The third-order valence-corrected chi connectivity index (χ3v) is 14.1. The lowest BCUT2D eigenvalue weighted by Gasteiger charge is -2.32. The molecule has 9 aromatic carbocycles. The molecule has 1 aliphatic rings.